The Morgan fingerprint density at radius 2 is 2.06 bits per heavy atom. The van der Waals surface area contributed by atoms with Crippen LogP contribution in [0, 0.1) is 0 Å². The van der Waals surface area contributed by atoms with Crippen molar-refractivity contribution in [1.82, 2.24) is 9.78 Å². The minimum atomic E-state index is -2.96. The van der Waals surface area contributed by atoms with E-state index in [9.17, 15) is 8.42 Å². The summed E-state index contributed by atoms with van der Waals surface area (Å²) in [5, 5.41) is 4.29. The van der Waals surface area contributed by atoms with Crippen molar-refractivity contribution in [1.29, 1.82) is 0 Å². The lowest BCUT2D eigenvalue weighted by Crippen LogP contribution is -2.27. The van der Waals surface area contributed by atoms with Crippen LogP contribution in [0.25, 0.3) is 0 Å². The summed E-state index contributed by atoms with van der Waals surface area (Å²) in [6.45, 7) is 2.39. The quantitative estimate of drug-likeness (QED) is 0.808. The van der Waals surface area contributed by atoms with Crippen LogP contribution in [0.2, 0.25) is 0 Å². The number of hydrogen-bond acceptors (Lipinski definition) is 5. The fourth-order valence-corrected chi connectivity index (χ4v) is 2.31. The highest BCUT2D eigenvalue weighted by molar-refractivity contribution is 7.90. The summed E-state index contributed by atoms with van der Waals surface area (Å²) in [4.78, 5) is 1.82. The SMILES string of the molecule is CCc1nn(C)c(N(C)CCS(C)(=O)=O)c1N. The molecule has 1 heterocycles. The molecule has 2 N–H and O–H groups in total. The Balaban J connectivity index is 2.89. The van der Waals surface area contributed by atoms with Gasteiger partial charge < -0.3 is 10.6 Å². The summed E-state index contributed by atoms with van der Waals surface area (Å²) < 4.78 is 23.9. The second-order valence-corrected chi connectivity index (χ2v) is 6.47. The lowest BCUT2D eigenvalue weighted by molar-refractivity contribution is 0.600. The number of nitrogens with two attached hydrogens (primary N) is 1. The number of aryl methyl sites for hydroxylation is 2. The number of anilines is 2. The summed E-state index contributed by atoms with van der Waals surface area (Å²) >= 11 is 0. The number of nitrogen functional groups attached to an aromatic ring is 1. The van der Waals surface area contributed by atoms with Crippen LogP contribution in [-0.4, -0.2) is 43.8 Å². The van der Waals surface area contributed by atoms with Crippen molar-refractivity contribution < 1.29 is 8.42 Å². The Morgan fingerprint density at radius 1 is 1.47 bits per heavy atom. The average molecular weight is 260 g/mol. The Kier molecular flexibility index (Phi) is 4.03. The van der Waals surface area contributed by atoms with E-state index in [0.717, 1.165) is 17.9 Å². The van der Waals surface area contributed by atoms with Crippen LogP contribution in [0.5, 0.6) is 0 Å². The molecule has 0 spiro atoms. The Labute approximate surface area is 102 Å². The highest BCUT2D eigenvalue weighted by atomic mass is 32.2. The Hall–Kier alpha value is -1.24. The van der Waals surface area contributed by atoms with Crippen LogP contribution in [0.3, 0.4) is 0 Å². The molecule has 0 aliphatic rings. The minimum absolute atomic E-state index is 0.107. The van der Waals surface area contributed by atoms with Gasteiger partial charge >= 0.3 is 0 Å². The molecule has 1 rings (SSSR count). The number of aromatic nitrogens is 2. The van der Waals surface area contributed by atoms with Gasteiger partial charge in [-0.1, -0.05) is 6.92 Å². The lowest BCUT2D eigenvalue weighted by Gasteiger charge is -2.19. The van der Waals surface area contributed by atoms with Crippen LogP contribution < -0.4 is 10.6 Å². The zero-order valence-electron chi connectivity index (χ0n) is 10.8. The van der Waals surface area contributed by atoms with Crippen molar-refractivity contribution in [2.75, 3.05) is 36.2 Å². The van der Waals surface area contributed by atoms with Crippen molar-refractivity contribution in [2.45, 2.75) is 13.3 Å². The van der Waals surface area contributed by atoms with E-state index in [2.05, 4.69) is 5.10 Å². The summed E-state index contributed by atoms with van der Waals surface area (Å²) in [6, 6.07) is 0. The van der Waals surface area contributed by atoms with Crippen molar-refractivity contribution in [3.8, 4) is 0 Å². The molecule has 0 saturated carbocycles. The van der Waals surface area contributed by atoms with E-state index in [1.807, 2.05) is 25.9 Å². The molecule has 7 heteroatoms. The largest absolute Gasteiger partial charge is 0.394 e. The highest BCUT2D eigenvalue weighted by Gasteiger charge is 2.16. The fourth-order valence-electron chi connectivity index (χ4n) is 1.71. The van der Waals surface area contributed by atoms with Gasteiger partial charge in [0.15, 0.2) is 0 Å². The highest BCUT2D eigenvalue weighted by Crippen LogP contribution is 2.25. The molecule has 17 heavy (non-hydrogen) atoms. The summed E-state index contributed by atoms with van der Waals surface area (Å²) in [7, 11) is 0.661. The normalized spacial score (nSPS) is 11.8. The smallest absolute Gasteiger partial charge is 0.150 e. The third-order valence-electron chi connectivity index (χ3n) is 2.62. The topological polar surface area (TPSA) is 81.2 Å². The van der Waals surface area contributed by atoms with Crippen molar-refractivity contribution in [3.05, 3.63) is 5.69 Å². The first-order valence-corrected chi connectivity index (χ1v) is 7.52. The first-order valence-electron chi connectivity index (χ1n) is 5.46. The van der Waals surface area contributed by atoms with Crippen LogP contribution in [0.4, 0.5) is 11.5 Å². The van der Waals surface area contributed by atoms with E-state index in [1.54, 1.807) is 4.68 Å². The van der Waals surface area contributed by atoms with Gasteiger partial charge in [-0.25, -0.2) is 8.42 Å². The molecular weight excluding hydrogens is 240 g/mol. The maximum absolute atomic E-state index is 11.1. The number of hydrogen-bond donors (Lipinski definition) is 1. The number of nitrogens with zero attached hydrogens (tertiary/aromatic N) is 3. The number of sulfone groups is 1. The monoisotopic (exact) mass is 260 g/mol. The van der Waals surface area contributed by atoms with Gasteiger partial charge in [0.25, 0.3) is 0 Å². The summed E-state index contributed by atoms with van der Waals surface area (Å²) in [5.74, 6) is 0.876. The van der Waals surface area contributed by atoms with Crippen LogP contribution >= 0.6 is 0 Å². The molecule has 0 fully saturated rings. The standard InChI is InChI=1S/C10H20N4O2S/c1-5-8-9(11)10(14(3)12-8)13(2)6-7-17(4,15)16/h5-7,11H2,1-4H3. The summed E-state index contributed by atoms with van der Waals surface area (Å²) in [6.07, 6.45) is 1.99. The van der Waals surface area contributed by atoms with Crippen LogP contribution in [0.1, 0.15) is 12.6 Å². The molecule has 0 aliphatic carbocycles. The van der Waals surface area contributed by atoms with Gasteiger partial charge in [-0.15, -0.1) is 0 Å². The van der Waals surface area contributed by atoms with Gasteiger partial charge in [0.05, 0.1) is 17.1 Å². The molecule has 0 aliphatic heterocycles. The maximum atomic E-state index is 11.1. The van der Waals surface area contributed by atoms with E-state index in [4.69, 9.17) is 5.73 Å². The molecule has 0 unspecified atom stereocenters. The van der Waals surface area contributed by atoms with Gasteiger partial charge in [0.1, 0.15) is 15.7 Å². The van der Waals surface area contributed by atoms with Crippen molar-refractivity contribution in [2.24, 2.45) is 7.05 Å². The molecule has 0 saturated heterocycles. The predicted molar refractivity (Wildman–Crippen MR) is 70.0 cm³/mol. The maximum Gasteiger partial charge on any atom is 0.150 e. The van der Waals surface area contributed by atoms with E-state index in [0.29, 0.717) is 12.2 Å². The molecule has 98 valence electrons. The molecule has 6 nitrogen and oxygen atoms in total. The zero-order chi connectivity index (χ0) is 13.2. The molecule has 1 aromatic rings. The van der Waals surface area contributed by atoms with E-state index in [1.165, 1.54) is 6.26 Å². The minimum Gasteiger partial charge on any atom is -0.394 e. The first kappa shape index (κ1) is 13.8. The molecule has 0 bridgehead atoms. The van der Waals surface area contributed by atoms with E-state index < -0.39 is 9.84 Å². The molecule has 0 radical (unpaired) electrons. The van der Waals surface area contributed by atoms with Crippen LogP contribution in [0.15, 0.2) is 0 Å². The second kappa shape index (κ2) is 4.95. The first-order chi connectivity index (χ1) is 7.76. The van der Waals surface area contributed by atoms with Crippen LogP contribution in [-0.2, 0) is 23.3 Å². The zero-order valence-corrected chi connectivity index (χ0v) is 11.6. The molecular formula is C10H20N4O2S. The lowest BCUT2D eigenvalue weighted by atomic mass is 10.3. The second-order valence-electron chi connectivity index (χ2n) is 4.21. The Morgan fingerprint density at radius 3 is 2.47 bits per heavy atom. The fraction of sp³-hybridized carbons (Fsp3) is 0.700. The van der Waals surface area contributed by atoms with Gasteiger partial charge in [-0.2, -0.15) is 5.10 Å². The molecule has 0 aromatic carbocycles. The van der Waals surface area contributed by atoms with Gasteiger partial charge in [-0.05, 0) is 6.42 Å². The molecule has 0 amide bonds. The predicted octanol–water partition coefficient (Wildman–Crippen LogP) is 0.0455. The third kappa shape index (κ3) is 3.36. The Bertz CT molecular complexity index is 493. The summed E-state index contributed by atoms with van der Waals surface area (Å²) in [5.41, 5.74) is 7.45. The number of rotatable bonds is 5. The average Bonchev–Trinajstić information content (AvgIpc) is 2.49. The van der Waals surface area contributed by atoms with Crippen molar-refractivity contribution >= 4 is 21.3 Å². The van der Waals surface area contributed by atoms with Gasteiger partial charge in [0.2, 0.25) is 0 Å². The van der Waals surface area contributed by atoms with Gasteiger partial charge in [0, 0.05) is 26.9 Å². The van der Waals surface area contributed by atoms with E-state index in [-0.39, 0.29) is 5.75 Å². The third-order valence-corrected chi connectivity index (χ3v) is 3.55. The van der Waals surface area contributed by atoms with E-state index >= 15 is 0 Å². The van der Waals surface area contributed by atoms with Crippen molar-refractivity contribution in [3.63, 3.8) is 0 Å². The molecule has 1 aromatic heterocycles. The molecule has 0 atom stereocenters. The van der Waals surface area contributed by atoms with Gasteiger partial charge in [-0.3, -0.25) is 4.68 Å².